The molecule has 0 radical (unpaired) electrons. The average Bonchev–Trinajstić information content (AvgIpc) is 2.54. The van der Waals surface area contributed by atoms with Gasteiger partial charge in [0.1, 0.15) is 0 Å². The van der Waals surface area contributed by atoms with Crippen LogP contribution in [-0.2, 0) is 0 Å². The molecule has 0 aromatic carbocycles. The summed E-state index contributed by atoms with van der Waals surface area (Å²) >= 11 is 1.68. The Morgan fingerprint density at radius 2 is 2.46 bits per heavy atom. The van der Waals surface area contributed by atoms with Crippen LogP contribution in [-0.4, -0.2) is 4.98 Å². The maximum absolute atomic E-state index is 4.41. The molecule has 0 aliphatic heterocycles. The maximum atomic E-state index is 4.41. The van der Waals surface area contributed by atoms with E-state index < -0.39 is 0 Å². The zero-order valence-electron chi connectivity index (χ0n) is 8.21. The molecule has 0 aliphatic rings. The molecule has 13 heavy (non-hydrogen) atoms. The Bertz CT molecular complexity index is 310. The van der Waals surface area contributed by atoms with Crippen molar-refractivity contribution in [2.75, 3.05) is 0 Å². The first-order chi connectivity index (χ1) is 6.27. The fourth-order valence-corrected chi connectivity index (χ4v) is 1.71. The van der Waals surface area contributed by atoms with Crippen LogP contribution in [0.2, 0.25) is 0 Å². The van der Waals surface area contributed by atoms with Gasteiger partial charge in [-0.2, -0.15) is 0 Å². The van der Waals surface area contributed by atoms with E-state index in [1.165, 1.54) is 6.42 Å². The van der Waals surface area contributed by atoms with Crippen LogP contribution in [0.3, 0.4) is 0 Å². The van der Waals surface area contributed by atoms with Crippen LogP contribution in [0.15, 0.2) is 24.1 Å². The molecule has 0 aliphatic carbocycles. The van der Waals surface area contributed by atoms with Crippen LogP contribution in [0.4, 0.5) is 0 Å². The lowest BCUT2D eigenvalue weighted by Crippen LogP contribution is -1.81. The van der Waals surface area contributed by atoms with Gasteiger partial charge < -0.3 is 0 Å². The smallest absolute Gasteiger partial charge is 0.0901 e. The van der Waals surface area contributed by atoms with Crippen LogP contribution in [0.5, 0.6) is 0 Å². The largest absolute Gasteiger partial charge is 0.242 e. The molecule has 1 heterocycles. The molecule has 70 valence electrons. The number of hydrogen-bond donors (Lipinski definition) is 0. The summed E-state index contributed by atoms with van der Waals surface area (Å²) in [7, 11) is 0. The van der Waals surface area contributed by atoms with Crippen molar-refractivity contribution in [2.24, 2.45) is 0 Å². The maximum Gasteiger partial charge on any atom is 0.0901 e. The molecular formula is C11H15NS. The predicted octanol–water partition coefficient (Wildman–Crippen LogP) is 3.82. The summed E-state index contributed by atoms with van der Waals surface area (Å²) in [6.07, 6.45) is 6.34. The van der Waals surface area contributed by atoms with E-state index in [2.05, 4.69) is 29.9 Å². The van der Waals surface area contributed by atoms with E-state index in [1.807, 2.05) is 13.0 Å². The molecule has 0 atom stereocenters. The van der Waals surface area contributed by atoms with Crippen LogP contribution >= 0.6 is 11.3 Å². The van der Waals surface area contributed by atoms with Crippen molar-refractivity contribution in [3.05, 3.63) is 34.8 Å². The lowest BCUT2D eigenvalue weighted by atomic mass is 10.1. The second kappa shape index (κ2) is 4.97. The molecule has 0 amide bonds. The number of aromatic nitrogens is 1. The Hall–Kier alpha value is -0.890. The van der Waals surface area contributed by atoms with Crippen molar-refractivity contribution >= 4 is 16.9 Å². The van der Waals surface area contributed by atoms with Crippen molar-refractivity contribution in [3.8, 4) is 0 Å². The van der Waals surface area contributed by atoms with Crippen LogP contribution in [0.1, 0.15) is 30.5 Å². The lowest BCUT2D eigenvalue weighted by molar-refractivity contribution is 0.960. The molecule has 0 unspecified atom stereocenters. The van der Waals surface area contributed by atoms with Crippen LogP contribution in [0, 0.1) is 6.92 Å². The Kier molecular flexibility index (Phi) is 3.90. The SMILES string of the molecule is C=C/C(=C\CCC)c1csc(C)n1. The number of allylic oxidation sites excluding steroid dienone is 3. The summed E-state index contributed by atoms with van der Waals surface area (Å²) in [5.74, 6) is 0. The van der Waals surface area contributed by atoms with E-state index in [9.17, 15) is 0 Å². The van der Waals surface area contributed by atoms with Gasteiger partial charge in [-0.15, -0.1) is 11.3 Å². The van der Waals surface area contributed by atoms with E-state index in [0.29, 0.717) is 0 Å². The summed E-state index contributed by atoms with van der Waals surface area (Å²) in [5.41, 5.74) is 2.22. The third-order valence-corrected chi connectivity index (χ3v) is 2.56. The number of hydrogen-bond acceptors (Lipinski definition) is 2. The summed E-state index contributed by atoms with van der Waals surface area (Å²) in [5, 5.41) is 3.19. The minimum absolute atomic E-state index is 1.06. The topological polar surface area (TPSA) is 12.9 Å². The highest BCUT2D eigenvalue weighted by Gasteiger charge is 2.00. The molecule has 2 heteroatoms. The average molecular weight is 193 g/mol. The molecule has 1 aromatic heterocycles. The highest BCUT2D eigenvalue weighted by molar-refractivity contribution is 7.09. The van der Waals surface area contributed by atoms with Crippen LogP contribution < -0.4 is 0 Å². The van der Waals surface area contributed by atoms with Crippen molar-refractivity contribution in [1.82, 2.24) is 4.98 Å². The first-order valence-electron chi connectivity index (χ1n) is 4.53. The molecule has 1 nitrogen and oxygen atoms in total. The molecule has 0 saturated carbocycles. The zero-order chi connectivity index (χ0) is 9.68. The number of unbranched alkanes of at least 4 members (excludes halogenated alkanes) is 1. The summed E-state index contributed by atoms with van der Waals surface area (Å²) in [6.45, 7) is 7.99. The second-order valence-electron chi connectivity index (χ2n) is 2.90. The van der Waals surface area contributed by atoms with Crippen LogP contribution in [0.25, 0.3) is 5.57 Å². The monoisotopic (exact) mass is 193 g/mol. The minimum Gasteiger partial charge on any atom is -0.242 e. The zero-order valence-corrected chi connectivity index (χ0v) is 9.03. The molecule has 1 rings (SSSR count). The summed E-state index contributed by atoms with van der Waals surface area (Å²) in [6, 6.07) is 0. The number of thiazole rings is 1. The standard InChI is InChI=1S/C11H15NS/c1-4-6-7-10(5-2)11-8-13-9(3)12-11/h5,7-8H,2,4,6H2,1,3H3/b10-7+. The molecule has 1 aromatic rings. The second-order valence-corrected chi connectivity index (χ2v) is 3.97. The third kappa shape index (κ3) is 2.81. The van der Waals surface area contributed by atoms with Crippen molar-refractivity contribution in [2.45, 2.75) is 26.7 Å². The molecule has 0 bridgehead atoms. The number of rotatable bonds is 4. The third-order valence-electron chi connectivity index (χ3n) is 1.79. The molecular weight excluding hydrogens is 178 g/mol. The van der Waals surface area contributed by atoms with Gasteiger partial charge >= 0.3 is 0 Å². The summed E-state index contributed by atoms with van der Waals surface area (Å²) < 4.78 is 0. The predicted molar refractivity (Wildman–Crippen MR) is 59.9 cm³/mol. The van der Waals surface area contributed by atoms with Gasteiger partial charge in [0, 0.05) is 5.38 Å². The Labute approximate surface area is 83.8 Å². The highest BCUT2D eigenvalue weighted by atomic mass is 32.1. The first kappa shape index (κ1) is 10.2. The minimum atomic E-state index is 1.06. The van der Waals surface area contributed by atoms with Crippen molar-refractivity contribution in [3.63, 3.8) is 0 Å². The van der Waals surface area contributed by atoms with E-state index >= 15 is 0 Å². The number of nitrogens with zero attached hydrogens (tertiary/aromatic N) is 1. The van der Waals surface area contributed by atoms with E-state index in [4.69, 9.17) is 0 Å². The van der Waals surface area contributed by atoms with Gasteiger partial charge in [-0.05, 0) is 18.9 Å². The van der Waals surface area contributed by atoms with Gasteiger partial charge in [-0.1, -0.05) is 32.1 Å². The summed E-state index contributed by atoms with van der Waals surface area (Å²) in [4.78, 5) is 4.41. The van der Waals surface area contributed by atoms with Gasteiger partial charge in [-0.25, -0.2) is 4.98 Å². The van der Waals surface area contributed by atoms with Crippen molar-refractivity contribution in [1.29, 1.82) is 0 Å². The lowest BCUT2D eigenvalue weighted by Gasteiger charge is -1.95. The van der Waals surface area contributed by atoms with Gasteiger partial charge in [-0.3, -0.25) is 0 Å². The van der Waals surface area contributed by atoms with Crippen molar-refractivity contribution < 1.29 is 0 Å². The normalized spacial score (nSPS) is 11.7. The Morgan fingerprint density at radius 3 is 2.92 bits per heavy atom. The first-order valence-corrected chi connectivity index (χ1v) is 5.41. The molecule has 0 fully saturated rings. The molecule has 0 spiro atoms. The van der Waals surface area contributed by atoms with E-state index in [0.717, 1.165) is 22.7 Å². The van der Waals surface area contributed by atoms with E-state index in [-0.39, 0.29) is 0 Å². The van der Waals surface area contributed by atoms with Gasteiger partial charge in [0.15, 0.2) is 0 Å². The Morgan fingerprint density at radius 1 is 1.69 bits per heavy atom. The van der Waals surface area contributed by atoms with Gasteiger partial charge in [0.2, 0.25) is 0 Å². The Balaban J connectivity index is 2.84. The highest BCUT2D eigenvalue weighted by Crippen LogP contribution is 2.18. The molecule has 0 N–H and O–H groups in total. The fraction of sp³-hybridized carbons (Fsp3) is 0.364. The quantitative estimate of drug-likeness (QED) is 0.662. The van der Waals surface area contributed by atoms with Gasteiger partial charge in [0.05, 0.1) is 10.7 Å². The van der Waals surface area contributed by atoms with Gasteiger partial charge in [0.25, 0.3) is 0 Å². The fourth-order valence-electron chi connectivity index (χ4n) is 1.09. The molecule has 0 saturated heterocycles. The number of aryl methyl sites for hydroxylation is 1. The van der Waals surface area contributed by atoms with E-state index in [1.54, 1.807) is 11.3 Å².